The van der Waals surface area contributed by atoms with Gasteiger partial charge in [-0.1, -0.05) is 12.1 Å². The number of halogens is 1. The predicted molar refractivity (Wildman–Crippen MR) is 82.6 cm³/mol. The number of aromatic nitrogens is 3. The Balaban J connectivity index is 2.00. The molecule has 3 rings (SSSR count). The fourth-order valence-electron chi connectivity index (χ4n) is 2.29. The van der Waals surface area contributed by atoms with Crippen LogP contribution in [-0.4, -0.2) is 26.9 Å². The van der Waals surface area contributed by atoms with Crippen molar-refractivity contribution in [3.63, 3.8) is 0 Å². The van der Waals surface area contributed by atoms with Gasteiger partial charge in [-0.3, -0.25) is 4.57 Å². The van der Waals surface area contributed by atoms with Gasteiger partial charge in [0.25, 0.3) is 0 Å². The normalized spacial score (nSPS) is 10.7. The van der Waals surface area contributed by atoms with Crippen LogP contribution in [0.2, 0.25) is 0 Å². The Morgan fingerprint density at radius 1 is 1.05 bits per heavy atom. The highest BCUT2D eigenvalue weighted by atomic mass is 19.1. The van der Waals surface area contributed by atoms with Crippen molar-refractivity contribution in [3.05, 3.63) is 54.3 Å². The lowest BCUT2D eigenvalue weighted by Crippen LogP contribution is -2.14. The fraction of sp³-hybridized carbons (Fsp3) is 0.125. The number of hydrogen-bond donors (Lipinski definition) is 1. The van der Waals surface area contributed by atoms with E-state index in [1.165, 1.54) is 12.1 Å². The van der Waals surface area contributed by atoms with Crippen molar-refractivity contribution in [2.45, 2.75) is 0 Å². The van der Waals surface area contributed by atoms with Crippen molar-refractivity contribution in [3.8, 4) is 17.1 Å². The van der Waals surface area contributed by atoms with Crippen LogP contribution in [0, 0.1) is 5.82 Å². The second-order valence-electron chi connectivity index (χ2n) is 4.94. The monoisotopic (exact) mass is 298 g/mol. The van der Waals surface area contributed by atoms with Gasteiger partial charge in [0.15, 0.2) is 5.82 Å². The molecule has 0 aliphatic heterocycles. The Labute approximate surface area is 127 Å². The Morgan fingerprint density at radius 3 is 2.41 bits per heavy atom. The van der Waals surface area contributed by atoms with Gasteiger partial charge in [0.1, 0.15) is 11.6 Å². The topological polar surface area (TPSA) is 54.2 Å². The van der Waals surface area contributed by atoms with Gasteiger partial charge >= 0.3 is 0 Å². The number of nitrogens with zero attached hydrogens (tertiary/aromatic N) is 4. The number of para-hydroxylation sites is 1. The van der Waals surface area contributed by atoms with Crippen LogP contribution in [0.1, 0.15) is 0 Å². The SMILES string of the molecule is CN(c1ccc(F)cc1)c1nnc(-c2ccccc2O)n1C. The summed E-state index contributed by atoms with van der Waals surface area (Å²) in [6.07, 6.45) is 0. The molecule has 0 fully saturated rings. The lowest BCUT2D eigenvalue weighted by atomic mass is 10.2. The van der Waals surface area contributed by atoms with Crippen LogP contribution in [-0.2, 0) is 7.05 Å². The molecule has 0 amide bonds. The van der Waals surface area contributed by atoms with Crippen LogP contribution in [0.3, 0.4) is 0 Å². The molecule has 1 heterocycles. The number of aromatic hydroxyl groups is 1. The molecule has 0 bridgehead atoms. The minimum Gasteiger partial charge on any atom is -0.507 e. The molecule has 0 unspecified atom stereocenters. The third-order valence-corrected chi connectivity index (χ3v) is 3.51. The van der Waals surface area contributed by atoms with E-state index >= 15 is 0 Å². The lowest BCUT2D eigenvalue weighted by Gasteiger charge is -2.18. The third-order valence-electron chi connectivity index (χ3n) is 3.51. The quantitative estimate of drug-likeness (QED) is 0.807. The summed E-state index contributed by atoms with van der Waals surface area (Å²) in [6.45, 7) is 0. The van der Waals surface area contributed by atoms with E-state index < -0.39 is 0 Å². The maximum atomic E-state index is 13.0. The van der Waals surface area contributed by atoms with E-state index in [4.69, 9.17) is 0 Å². The average molecular weight is 298 g/mol. The van der Waals surface area contributed by atoms with E-state index in [-0.39, 0.29) is 11.6 Å². The molecule has 0 atom stereocenters. The number of phenols is 1. The van der Waals surface area contributed by atoms with Gasteiger partial charge in [0.2, 0.25) is 5.95 Å². The van der Waals surface area contributed by atoms with Gasteiger partial charge in [-0.15, -0.1) is 10.2 Å². The molecule has 1 N–H and O–H groups in total. The zero-order chi connectivity index (χ0) is 15.7. The summed E-state index contributed by atoms with van der Waals surface area (Å²) < 4.78 is 14.8. The highest BCUT2D eigenvalue weighted by molar-refractivity contribution is 5.66. The predicted octanol–water partition coefficient (Wildman–Crippen LogP) is 3.09. The van der Waals surface area contributed by atoms with Crippen LogP contribution >= 0.6 is 0 Å². The van der Waals surface area contributed by atoms with Crippen molar-refractivity contribution < 1.29 is 9.50 Å². The lowest BCUT2D eigenvalue weighted by molar-refractivity contribution is 0.476. The number of rotatable bonds is 3. The summed E-state index contributed by atoms with van der Waals surface area (Å²) in [6, 6.07) is 13.1. The molecule has 22 heavy (non-hydrogen) atoms. The second-order valence-corrected chi connectivity index (χ2v) is 4.94. The smallest absolute Gasteiger partial charge is 0.231 e. The molecule has 3 aromatic rings. The molecule has 0 spiro atoms. The maximum Gasteiger partial charge on any atom is 0.231 e. The molecule has 0 aliphatic carbocycles. The number of anilines is 2. The summed E-state index contributed by atoms with van der Waals surface area (Å²) in [7, 11) is 3.64. The zero-order valence-corrected chi connectivity index (χ0v) is 12.2. The zero-order valence-electron chi connectivity index (χ0n) is 12.2. The minimum atomic E-state index is -0.287. The van der Waals surface area contributed by atoms with Gasteiger partial charge in [-0.05, 0) is 36.4 Å². The van der Waals surface area contributed by atoms with Crippen molar-refractivity contribution in [1.82, 2.24) is 14.8 Å². The van der Waals surface area contributed by atoms with E-state index in [1.54, 1.807) is 39.8 Å². The Bertz CT molecular complexity index is 798. The van der Waals surface area contributed by atoms with Gasteiger partial charge in [-0.2, -0.15) is 0 Å². The van der Waals surface area contributed by atoms with E-state index in [9.17, 15) is 9.50 Å². The van der Waals surface area contributed by atoms with Crippen LogP contribution in [0.15, 0.2) is 48.5 Å². The van der Waals surface area contributed by atoms with E-state index in [1.807, 2.05) is 20.2 Å². The molecule has 0 aliphatic rings. The van der Waals surface area contributed by atoms with Crippen molar-refractivity contribution in [2.75, 3.05) is 11.9 Å². The van der Waals surface area contributed by atoms with Crippen LogP contribution in [0.4, 0.5) is 16.0 Å². The first kappa shape index (κ1) is 14.1. The van der Waals surface area contributed by atoms with E-state index in [2.05, 4.69) is 10.2 Å². The van der Waals surface area contributed by atoms with Crippen LogP contribution in [0.5, 0.6) is 5.75 Å². The molecule has 5 nitrogen and oxygen atoms in total. The molecular weight excluding hydrogens is 283 g/mol. The number of phenolic OH excluding ortho intramolecular Hbond substituents is 1. The maximum absolute atomic E-state index is 13.0. The molecule has 112 valence electrons. The number of benzene rings is 2. The van der Waals surface area contributed by atoms with Gasteiger partial charge in [0, 0.05) is 19.8 Å². The summed E-state index contributed by atoms with van der Waals surface area (Å²) in [5.41, 5.74) is 1.40. The average Bonchev–Trinajstić information content (AvgIpc) is 2.89. The Morgan fingerprint density at radius 2 is 1.73 bits per heavy atom. The summed E-state index contributed by atoms with van der Waals surface area (Å²) >= 11 is 0. The van der Waals surface area contributed by atoms with E-state index in [0.717, 1.165) is 5.69 Å². The molecule has 0 saturated heterocycles. The molecule has 6 heteroatoms. The first-order valence-electron chi connectivity index (χ1n) is 6.75. The largest absolute Gasteiger partial charge is 0.507 e. The number of hydrogen-bond acceptors (Lipinski definition) is 4. The standard InChI is InChI=1S/C16H15FN4O/c1-20(12-9-7-11(17)8-10-12)16-19-18-15(21(16)2)13-5-3-4-6-14(13)22/h3-10,22H,1-2H3. The first-order chi connectivity index (χ1) is 10.6. The molecular formula is C16H15FN4O. The van der Waals surface area contributed by atoms with Crippen molar-refractivity contribution in [2.24, 2.45) is 7.05 Å². The Kier molecular flexibility index (Phi) is 3.50. The van der Waals surface area contributed by atoms with E-state index in [0.29, 0.717) is 17.3 Å². The van der Waals surface area contributed by atoms with Crippen molar-refractivity contribution in [1.29, 1.82) is 0 Å². The minimum absolute atomic E-state index is 0.147. The van der Waals surface area contributed by atoms with Gasteiger partial charge in [-0.25, -0.2) is 4.39 Å². The van der Waals surface area contributed by atoms with Gasteiger partial charge in [0.05, 0.1) is 5.56 Å². The molecule has 0 radical (unpaired) electrons. The molecule has 0 saturated carbocycles. The summed E-state index contributed by atoms with van der Waals surface area (Å²) in [4.78, 5) is 1.80. The highest BCUT2D eigenvalue weighted by Crippen LogP contribution is 2.30. The van der Waals surface area contributed by atoms with Crippen LogP contribution < -0.4 is 4.90 Å². The summed E-state index contributed by atoms with van der Waals surface area (Å²) in [5.74, 6) is 1.01. The fourth-order valence-corrected chi connectivity index (χ4v) is 2.29. The van der Waals surface area contributed by atoms with Crippen LogP contribution in [0.25, 0.3) is 11.4 Å². The van der Waals surface area contributed by atoms with Crippen molar-refractivity contribution >= 4 is 11.6 Å². The highest BCUT2D eigenvalue weighted by Gasteiger charge is 2.17. The summed E-state index contributed by atoms with van der Waals surface area (Å²) in [5, 5.41) is 18.3. The third kappa shape index (κ3) is 2.39. The Hall–Kier alpha value is -2.89. The second kappa shape index (κ2) is 5.48. The van der Waals surface area contributed by atoms with Gasteiger partial charge < -0.3 is 10.0 Å². The molecule has 1 aromatic heterocycles. The molecule has 2 aromatic carbocycles. The first-order valence-corrected chi connectivity index (χ1v) is 6.75.